The second kappa shape index (κ2) is 8.48. The summed E-state index contributed by atoms with van der Waals surface area (Å²) in [5.41, 5.74) is 1.18. The Morgan fingerprint density at radius 1 is 1.53 bits per heavy atom. The van der Waals surface area contributed by atoms with E-state index in [1.807, 2.05) is 25.1 Å². The third kappa shape index (κ3) is 5.87. The first-order valence-electron chi connectivity index (χ1n) is 6.26. The number of halogens is 1. The molecule has 5 heteroatoms. The fourth-order valence-electron chi connectivity index (χ4n) is 1.48. The first-order valence-corrected chi connectivity index (χ1v) is 8.21. The lowest BCUT2D eigenvalue weighted by molar-refractivity contribution is -0.119. The Morgan fingerprint density at radius 2 is 2.26 bits per heavy atom. The Bertz CT molecular complexity index is 426. The van der Waals surface area contributed by atoms with Gasteiger partial charge in [0.25, 0.3) is 0 Å². The normalized spacial score (nSPS) is 12.0. The van der Waals surface area contributed by atoms with Crippen molar-refractivity contribution in [3.63, 3.8) is 0 Å². The SMILES string of the molecule is CC[C@H](C)NC(=O)CSCc1ccc(OC)c(Br)c1. The summed E-state index contributed by atoms with van der Waals surface area (Å²) in [5.74, 6) is 2.24. The molecule has 3 nitrogen and oxygen atoms in total. The van der Waals surface area contributed by atoms with Gasteiger partial charge in [-0.15, -0.1) is 11.8 Å². The van der Waals surface area contributed by atoms with Crippen molar-refractivity contribution in [3.05, 3.63) is 28.2 Å². The Morgan fingerprint density at radius 3 is 2.84 bits per heavy atom. The molecule has 0 aliphatic rings. The molecule has 19 heavy (non-hydrogen) atoms. The smallest absolute Gasteiger partial charge is 0.230 e. The number of thioether (sulfide) groups is 1. The fourth-order valence-corrected chi connectivity index (χ4v) is 2.85. The van der Waals surface area contributed by atoms with E-state index in [0.29, 0.717) is 5.75 Å². The van der Waals surface area contributed by atoms with Gasteiger partial charge in [0.15, 0.2) is 0 Å². The van der Waals surface area contributed by atoms with Gasteiger partial charge >= 0.3 is 0 Å². The van der Waals surface area contributed by atoms with Crippen molar-refractivity contribution in [3.8, 4) is 5.75 Å². The highest BCUT2D eigenvalue weighted by Crippen LogP contribution is 2.27. The quantitative estimate of drug-likeness (QED) is 0.820. The fraction of sp³-hybridized carbons (Fsp3) is 0.500. The Balaban J connectivity index is 2.37. The molecule has 0 saturated heterocycles. The van der Waals surface area contributed by atoms with Gasteiger partial charge < -0.3 is 10.1 Å². The largest absolute Gasteiger partial charge is 0.496 e. The zero-order chi connectivity index (χ0) is 14.3. The molecule has 1 atom stereocenters. The highest BCUT2D eigenvalue weighted by atomic mass is 79.9. The summed E-state index contributed by atoms with van der Waals surface area (Å²) in [4.78, 5) is 11.6. The Hall–Kier alpha value is -0.680. The van der Waals surface area contributed by atoms with Crippen LogP contribution in [0.3, 0.4) is 0 Å². The number of methoxy groups -OCH3 is 1. The van der Waals surface area contributed by atoms with Gasteiger partial charge in [-0.3, -0.25) is 4.79 Å². The molecule has 1 aromatic rings. The van der Waals surface area contributed by atoms with E-state index in [0.717, 1.165) is 22.4 Å². The van der Waals surface area contributed by atoms with Crippen molar-refractivity contribution in [1.29, 1.82) is 0 Å². The third-order valence-electron chi connectivity index (χ3n) is 2.74. The maximum atomic E-state index is 11.6. The van der Waals surface area contributed by atoms with Gasteiger partial charge in [-0.2, -0.15) is 0 Å². The zero-order valence-electron chi connectivity index (χ0n) is 11.5. The van der Waals surface area contributed by atoms with Crippen LogP contribution in [0.4, 0.5) is 0 Å². The summed E-state index contributed by atoms with van der Waals surface area (Å²) in [5, 5.41) is 2.96. The summed E-state index contributed by atoms with van der Waals surface area (Å²) >= 11 is 5.07. The number of hydrogen-bond donors (Lipinski definition) is 1. The number of benzene rings is 1. The average molecular weight is 346 g/mol. The van der Waals surface area contributed by atoms with E-state index in [2.05, 4.69) is 28.2 Å². The van der Waals surface area contributed by atoms with E-state index >= 15 is 0 Å². The van der Waals surface area contributed by atoms with Gasteiger partial charge in [0.2, 0.25) is 5.91 Å². The van der Waals surface area contributed by atoms with Gasteiger partial charge in [-0.05, 0) is 47.0 Å². The standard InChI is InChI=1S/C14H20BrNO2S/c1-4-10(2)16-14(17)9-19-8-11-5-6-13(18-3)12(15)7-11/h5-7,10H,4,8-9H2,1-3H3,(H,16,17)/t10-/m0/s1. The first kappa shape index (κ1) is 16.4. The highest BCUT2D eigenvalue weighted by Gasteiger charge is 2.06. The van der Waals surface area contributed by atoms with Gasteiger partial charge in [0, 0.05) is 11.8 Å². The minimum Gasteiger partial charge on any atom is -0.496 e. The number of hydrogen-bond acceptors (Lipinski definition) is 3. The van der Waals surface area contributed by atoms with E-state index < -0.39 is 0 Å². The summed E-state index contributed by atoms with van der Waals surface area (Å²) < 4.78 is 6.12. The predicted octanol–water partition coefficient (Wildman–Crippen LogP) is 3.61. The summed E-state index contributed by atoms with van der Waals surface area (Å²) in [6, 6.07) is 6.23. The van der Waals surface area contributed by atoms with Crippen molar-refractivity contribution in [2.75, 3.05) is 12.9 Å². The lowest BCUT2D eigenvalue weighted by Crippen LogP contribution is -2.33. The summed E-state index contributed by atoms with van der Waals surface area (Å²) in [7, 11) is 1.65. The van der Waals surface area contributed by atoms with Crippen molar-refractivity contribution in [2.45, 2.75) is 32.1 Å². The Kier molecular flexibility index (Phi) is 7.31. The van der Waals surface area contributed by atoms with Gasteiger partial charge in [0.05, 0.1) is 17.3 Å². The molecule has 0 aliphatic carbocycles. The van der Waals surface area contributed by atoms with Gasteiger partial charge in [-0.1, -0.05) is 13.0 Å². The molecule has 0 bridgehead atoms. The van der Waals surface area contributed by atoms with Crippen LogP contribution in [0, 0.1) is 0 Å². The topological polar surface area (TPSA) is 38.3 Å². The van der Waals surface area contributed by atoms with Crippen LogP contribution < -0.4 is 10.1 Å². The molecule has 1 N–H and O–H groups in total. The molecule has 0 aromatic heterocycles. The van der Waals surface area contributed by atoms with E-state index in [1.165, 1.54) is 5.56 Å². The molecule has 0 spiro atoms. The number of nitrogens with one attached hydrogen (secondary N) is 1. The van der Waals surface area contributed by atoms with E-state index in [9.17, 15) is 4.79 Å². The van der Waals surface area contributed by atoms with Crippen LogP contribution in [0.1, 0.15) is 25.8 Å². The molecule has 0 heterocycles. The van der Waals surface area contributed by atoms with Crippen LogP contribution in [0.25, 0.3) is 0 Å². The molecule has 0 fully saturated rings. The molecule has 0 radical (unpaired) electrons. The van der Waals surface area contributed by atoms with E-state index in [1.54, 1.807) is 18.9 Å². The second-order valence-corrected chi connectivity index (χ2v) is 6.18. The number of rotatable bonds is 7. The van der Waals surface area contributed by atoms with E-state index in [4.69, 9.17) is 4.74 Å². The van der Waals surface area contributed by atoms with Crippen LogP contribution in [-0.4, -0.2) is 24.8 Å². The first-order chi connectivity index (χ1) is 9.06. The molecule has 0 saturated carbocycles. The number of amides is 1. The van der Waals surface area contributed by atoms with Gasteiger partial charge in [0.1, 0.15) is 5.75 Å². The summed E-state index contributed by atoms with van der Waals surface area (Å²) in [6.45, 7) is 4.08. The van der Waals surface area contributed by atoms with E-state index in [-0.39, 0.29) is 11.9 Å². The number of carbonyl (C=O) groups excluding carboxylic acids is 1. The second-order valence-electron chi connectivity index (χ2n) is 4.34. The predicted molar refractivity (Wildman–Crippen MR) is 84.8 cm³/mol. The van der Waals surface area contributed by atoms with Crippen LogP contribution in [0.2, 0.25) is 0 Å². The number of carbonyl (C=O) groups is 1. The van der Waals surface area contributed by atoms with Crippen molar-refractivity contribution < 1.29 is 9.53 Å². The molecule has 0 aliphatic heterocycles. The average Bonchev–Trinajstić information content (AvgIpc) is 2.38. The van der Waals surface area contributed by atoms with Crippen molar-refractivity contribution in [1.82, 2.24) is 5.32 Å². The molecular formula is C14H20BrNO2S. The highest BCUT2D eigenvalue weighted by molar-refractivity contribution is 9.10. The molecule has 0 unspecified atom stereocenters. The molecular weight excluding hydrogens is 326 g/mol. The van der Waals surface area contributed by atoms with Crippen LogP contribution >= 0.6 is 27.7 Å². The molecule has 1 rings (SSSR count). The lowest BCUT2D eigenvalue weighted by Gasteiger charge is -2.11. The summed E-state index contributed by atoms with van der Waals surface area (Å²) in [6.07, 6.45) is 0.960. The zero-order valence-corrected chi connectivity index (χ0v) is 13.9. The maximum Gasteiger partial charge on any atom is 0.230 e. The van der Waals surface area contributed by atoms with Gasteiger partial charge in [-0.25, -0.2) is 0 Å². The third-order valence-corrected chi connectivity index (χ3v) is 4.36. The molecule has 1 amide bonds. The molecule has 106 valence electrons. The maximum absolute atomic E-state index is 11.6. The van der Waals surface area contributed by atoms with Crippen LogP contribution in [-0.2, 0) is 10.5 Å². The lowest BCUT2D eigenvalue weighted by atomic mass is 10.2. The van der Waals surface area contributed by atoms with Crippen molar-refractivity contribution in [2.24, 2.45) is 0 Å². The minimum absolute atomic E-state index is 0.104. The van der Waals surface area contributed by atoms with Crippen molar-refractivity contribution >= 4 is 33.6 Å². The van der Waals surface area contributed by atoms with Crippen LogP contribution in [0.15, 0.2) is 22.7 Å². The Labute approximate surface area is 127 Å². The number of ether oxygens (including phenoxy) is 1. The minimum atomic E-state index is 0.104. The molecule has 1 aromatic carbocycles. The monoisotopic (exact) mass is 345 g/mol. The van der Waals surface area contributed by atoms with Crippen LogP contribution in [0.5, 0.6) is 5.75 Å².